The van der Waals surface area contributed by atoms with Gasteiger partial charge in [-0.3, -0.25) is 0 Å². The zero-order valence-corrected chi connectivity index (χ0v) is 8.77. The molecule has 84 valence electrons. The van der Waals surface area contributed by atoms with Crippen LogP contribution in [0.3, 0.4) is 0 Å². The van der Waals surface area contributed by atoms with E-state index in [1.807, 2.05) is 5.43 Å². The smallest absolute Gasteiger partial charge is 0.253 e. The molecule has 4 nitrogen and oxygen atoms in total. The zero-order valence-electron chi connectivity index (χ0n) is 8.77. The molecule has 1 aromatic heterocycles. The average Bonchev–Trinajstić information content (AvgIpc) is 2.07. The molecule has 0 bridgehead atoms. The second-order valence-corrected chi connectivity index (χ2v) is 3.96. The van der Waals surface area contributed by atoms with E-state index in [1.165, 1.54) is 0 Å². The van der Waals surface area contributed by atoms with E-state index in [2.05, 4.69) is 4.98 Å². The van der Waals surface area contributed by atoms with Crippen LogP contribution in [-0.4, -0.2) is 10.6 Å². The third-order valence-electron chi connectivity index (χ3n) is 1.44. The minimum Gasteiger partial charge on any atom is -0.470 e. The van der Waals surface area contributed by atoms with Crippen LogP contribution < -0.4 is 16.0 Å². The fraction of sp³-hybridized carbons (Fsp3) is 0.444. The molecule has 0 aliphatic rings. The van der Waals surface area contributed by atoms with E-state index in [0.29, 0.717) is 6.07 Å². The SMILES string of the molecule is CC(C)(C)Oc1nc(NN)c(F)cc1F. The van der Waals surface area contributed by atoms with Crippen LogP contribution in [0.25, 0.3) is 0 Å². The number of aromatic nitrogens is 1. The van der Waals surface area contributed by atoms with E-state index >= 15 is 0 Å². The highest BCUT2D eigenvalue weighted by atomic mass is 19.1. The van der Waals surface area contributed by atoms with Crippen LogP contribution in [0.5, 0.6) is 5.88 Å². The molecule has 15 heavy (non-hydrogen) atoms. The molecule has 1 rings (SSSR count). The lowest BCUT2D eigenvalue weighted by Gasteiger charge is -2.20. The van der Waals surface area contributed by atoms with Crippen molar-refractivity contribution in [2.24, 2.45) is 5.84 Å². The fourth-order valence-electron chi connectivity index (χ4n) is 0.913. The van der Waals surface area contributed by atoms with Crippen LogP contribution in [0.1, 0.15) is 20.8 Å². The number of pyridine rings is 1. The van der Waals surface area contributed by atoms with Crippen LogP contribution in [0, 0.1) is 11.6 Å². The second kappa shape index (κ2) is 3.98. The Morgan fingerprint density at radius 2 is 1.93 bits per heavy atom. The van der Waals surface area contributed by atoms with Gasteiger partial charge < -0.3 is 10.2 Å². The maximum Gasteiger partial charge on any atom is 0.253 e. The van der Waals surface area contributed by atoms with Crippen molar-refractivity contribution in [2.45, 2.75) is 26.4 Å². The molecule has 0 aromatic carbocycles. The Bertz CT molecular complexity index is 363. The minimum atomic E-state index is -0.865. The molecule has 0 atom stereocenters. The van der Waals surface area contributed by atoms with Crippen LogP contribution >= 0.6 is 0 Å². The largest absolute Gasteiger partial charge is 0.470 e. The number of nitrogens with one attached hydrogen (secondary N) is 1. The van der Waals surface area contributed by atoms with Crippen molar-refractivity contribution in [3.05, 3.63) is 17.7 Å². The molecule has 1 aromatic rings. The van der Waals surface area contributed by atoms with Crippen molar-refractivity contribution in [3.8, 4) is 5.88 Å². The first-order valence-corrected chi connectivity index (χ1v) is 4.35. The highest BCUT2D eigenvalue weighted by Gasteiger charge is 2.18. The standard InChI is InChI=1S/C9H13F2N3O/c1-9(2,3)15-8-6(11)4-5(10)7(13-8)14-12/h4H,12H2,1-3H3,(H,13,14). The quantitative estimate of drug-likeness (QED) is 0.586. The number of ether oxygens (including phenoxy) is 1. The molecule has 0 saturated heterocycles. The van der Waals surface area contributed by atoms with Gasteiger partial charge in [0.15, 0.2) is 17.5 Å². The van der Waals surface area contributed by atoms with E-state index in [-0.39, 0.29) is 11.7 Å². The monoisotopic (exact) mass is 217 g/mol. The Morgan fingerprint density at radius 1 is 1.33 bits per heavy atom. The lowest BCUT2D eigenvalue weighted by atomic mass is 10.2. The van der Waals surface area contributed by atoms with Gasteiger partial charge in [0.2, 0.25) is 0 Å². The molecule has 1 heterocycles. The van der Waals surface area contributed by atoms with Gasteiger partial charge in [0.05, 0.1) is 0 Å². The summed E-state index contributed by atoms with van der Waals surface area (Å²) in [6.07, 6.45) is 0. The summed E-state index contributed by atoms with van der Waals surface area (Å²) in [4.78, 5) is 3.57. The summed E-state index contributed by atoms with van der Waals surface area (Å²) in [5.41, 5.74) is 1.40. The Hall–Kier alpha value is -1.43. The van der Waals surface area contributed by atoms with E-state index in [4.69, 9.17) is 10.6 Å². The molecule has 0 aliphatic heterocycles. The minimum absolute atomic E-state index is 0.254. The average molecular weight is 217 g/mol. The summed E-state index contributed by atoms with van der Waals surface area (Å²) in [6.45, 7) is 5.19. The fourth-order valence-corrected chi connectivity index (χ4v) is 0.913. The molecular formula is C9H13F2N3O. The maximum atomic E-state index is 13.2. The molecule has 0 fully saturated rings. The highest BCUT2D eigenvalue weighted by molar-refractivity contribution is 5.38. The van der Waals surface area contributed by atoms with Gasteiger partial charge in [0.1, 0.15) is 5.60 Å². The number of hydrogen-bond acceptors (Lipinski definition) is 4. The second-order valence-electron chi connectivity index (χ2n) is 3.96. The predicted molar refractivity (Wildman–Crippen MR) is 52.3 cm³/mol. The first-order valence-electron chi connectivity index (χ1n) is 4.35. The number of nitrogens with zero attached hydrogens (tertiary/aromatic N) is 1. The predicted octanol–water partition coefficient (Wildman–Crippen LogP) is 1.82. The molecule has 0 unspecified atom stereocenters. The van der Waals surface area contributed by atoms with Crippen LogP contribution in [0.15, 0.2) is 6.07 Å². The van der Waals surface area contributed by atoms with Gasteiger partial charge in [-0.1, -0.05) is 0 Å². The Morgan fingerprint density at radius 3 is 2.40 bits per heavy atom. The Labute approximate surface area is 86.4 Å². The van der Waals surface area contributed by atoms with Gasteiger partial charge in [-0.15, -0.1) is 0 Å². The lowest BCUT2D eigenvalue weighted by molar-refractivity contribution is 0.117. The third kappa shape index (κ3) is 3.02. The van der Waals surface area contributed by atoms with Crippen molar-refractivity contribution in [1.82, 2.24) is 4.98 Å². The summed E-state index contributed by atoms with van der Waals surface area (Å²) < 4.78 is 31.3. The Balaban J connectivity index is 3.08. The summed E-state index contributed by atoms with van der Waals surface area (Å²) in [5.74, 6) is 2.74. The summed E-state index contributed by atoms with van der Waals surface area (Å²) in [5, 5.41) is 0. The molecule has 0 saturated carbocycles. The van der Waals surface area contributed by atoms with Crippen molar-refractivity contribution < 1.29 is 13.5 Å². The van der Waals surface area contributed by atoms with E-state index in [1.54, 1.807) is 20.8 Å². The number of anilines is 1. The number of nitrogens with two attached hydrogens (primary N) is 1. The summed E-state index contributed by atoms with van der Waals surface area (Å²) in [7, 11) is 0. The normalized spacial score (nSPS) is 11.3. The first-order chi connectivity index (χ1) is 6.83. The van der Waals surface area contributed by atoms with Crippen molar-refractivity contribution in [1.29, 1.82) is 0 Å². The summed E-state index contributed by atoms with van der Waals surface area (Å²) >= 11 is 0. The van der Waals surface area contributed by atoms with Gasteiger partial charge in [-0.25, -0.2) is 14.6 Å². The van der Waals surface area contributed by atoms with Crippen LogP contribution in [-0.2, 0) is 0 Å². The van der Waals surface area contributed by atoms with Gasteiger partial charge >= 0.3 is 0 Å². The van der Waals surface area contributed by atoms with E-state index in [0.717, 1.165) is 0 Å². The summed E-state index contributed by atoms with van der Waals surface area (Å²) in [6, 6.07) is 0.670. The van der Waals surface area contributed by atoms with Crippen LogP contribution in [0.4, 0.5) is 14.6 Å². The van der Waals surface area contributed by atoms with Crippen molar-refractivity contribution >= 4 is 5.82 Å². The van der Waals surface area contributed by atoms with Gasteiger partial charge in [-0.2, -0.15) is 4.98 Å². The number of hydrogen-bond donors (Lipinski definition) is 2. The number of rotatable bonds is 2. The van der Waals surface area contributed by atoms with Crippen molar-refractivity contribution in [2.75, 3.05) is 5.43 Å². The van der Waals surface area contributed by atoms with E-state index < -0.39 is 17.2 Å². The number of nitrogen functional groups attached to an aromatic ring is 1. The highest BCUT2D eigenvalue weighted by Crippen LogP contribution is 2.23. The van der Waals surface area contributed by atoms with Gasteiger partial charge in [0, 0.05) is 6.07 Å². The zero-order chi connectivity index (χ0) is 11.6. The number of halogens is 2. The molecule has 3 N–H and O–H groups in total. The Kier molecular flexibility index (Phi) is 3.09. The lowest BCUT2D eigenvalue weighted by Crippen LogP contribution is -2.25. The molecule has 0 radical (unpaired) electrons. The molecule has 6 heteroatoms. The molecule has 0 amide bonds. The van der Waals surface area contributed by atoms with Gasteiger partial charge in [-0.05, 0) is 20.8 Å². The molecule has 0 spiro atoms. The van der Waals surface area contributed by atoms with Crippen LogP contribution in [0.2, 0.25) is 0 Å². The first kappa shape index (κ1) is 11.6. The van der Waals surface area contributed by atoms with Crippen molar-refractivity contribution in [3.63, 3.8) is 0 Å². The van der Waals surface area contributed by atoms with Gasteiger partial charge in [0.25, 0.3) is 5.88 Å². The molecule has 0 aliphatic carbocycles. The van der Waals surface area contributed by atoms with E-state index in [9.17, 15) is 8.78 Å². The maximum absolute atomic E-state index is 13.2. The topological polar surface area (TPSA) is 60.2 Å². The number of hydrazine groups is 1. The third-order valence-corrected chi connectivity index (χ3v) is 1.44. The molecular weight excluding hydrogens is 204 g/mol.